The monoisotopic (exact) mass is 448 g/mol. The number of aromatic nitrogens is 1. The Balaban J connectivity index is 1.11. The second-order valence-electron chi connectivity index (χ2n) is 11.0. The lowest BCUT2D eigenvalue weighted by molar-refractivity contribution is -0.129. The van der Waals surface area contributed by atoms with Crippen molar-refractivity contribution in [1.82, 2.24) is 15.2 Å². The highest BCUT2D eigenvalue weighted by molar-refractivity contribution is 5.79. The van der Waals surface area contributed by atoms with Crippen molar-refractivity contribution in [3.05, 3.63) is 60.0 Å². The molecule has 0 radical (unpaired) electrons. The predicted octanol–water partition coefficient (Wildman–Crippen LogP) is 3.75. The van der Waals surface area contributed by atoms with Gasteiger partial charge in [0.15, 0.2) is 0 Å². The van der Waals surface area contributed by atoms with Crippen LogP contribution in [0.25, 0.3) is 0 Å². The number of rotatable bonds is 5. The van der Waals surface area contributed by atoms with Crippen molar-refractivity contribution in [2.75, 3.05) is 37.6 Å². The normalized spacial score (nSPS) is 33.3. The van der Waals surface area contributed by atoms with E-state index in [4.69, 9.17) is 0 Å². The summed E-state index contributed by atoms with van der Waals surface area (Å²) >= 11 is 0. The molecule has 5 aliphatic rings. The van der Waals surface area contributed by atoms with Crippen LogP contribution in [0.3, 0.4) is 0 Å². The van der Waals surface area contributed by atoms with Crippen molar-refractivity contribution in [3.63, 3.8) is 0 Å². The smallest absolute Gasteiger partial charge is 0.234 e. The fraction of sp³-hybridized carbons (Fsp3) is 0.556. The van der Waals surface area contributed by atoms with Gasteiger partial charge in [-0.15, -0.1) is 0 Å². The van der Waals surface area contributed by atoms with Gasteiger partial charge in [0.25, 0.3) is 0 Å². The Kier molecular flexibility index (Phi) is 5.17. The summed E-state index contributed by atoms with van der Waals surface area (Å²) in [7, 11) is 0. The molecule has 5 fully saturated rings. The number of hydrogen-bond acceptors (Lipinski definition) is 4. The molecule has 1 aliphatic heterocycles. The molecule has 1 aromatic carbocycles. The first-order chi connectivity index (χ1) is 16.0. The van der Waals surface area contributed by atoms with E-state index < -0.39 is 0 Å². The van der Waals surface area contributed by atoms with Crippen LogP contribution in [-0.2, 0) is 10.2 Å². The Morgan fingerprint density at radius 1 is 1.00 bits per heavy atom. The summed E-state index contributed by atoms with van der Waals surface area (Å²) in [6, 6.07) is 13.2. The Bertz CT molecular complexity index is 989. The first-order valence-electron chi connectivity index (χ1n) is 12.5. The number of piperazine rings is 1. The van der Waals surface area contributed by atoms with E-state index in [1.165, 1.54) is 24.8 Å². The zero-order valence-corrected chi connectivity index (χ0v) is 19.2. The molecule has 4 aliphatic carbocycles. The third-order valence-corrected chi connectivity index (χ3v) is 8.64. The fourth-order valence-corrected chi connectivity index (χ4v) is 7.76. The number of carbonyl (C=O) groups is 1. The van der Waals surface area contributed by atoms with Gasteiger partial charge in [0.1, 0.15) is 11.6 Å². The maximum Gasteiger partial charge on any atom is 0.234 e. The average Bonchev–Trinajstić information content (AvgIpc) is 2.79. The molecule has 1 saturated heterocycles. The third-order valence-electron chi connectivity index (χ3n) is 8.64. The number of amides is 1. The summed E-state index contributed by atoms with van der Waals surface area (Å²) in [5.74, 6) is 2.34. The topological polar surface area (TPSA) is 48.5 Å². The molecule has 7 rings (SSSR count). The maximum atomic E-state index is 13.6. The van der Waals surface area contributed by atoms with Crippen LogP contribution in [0, 0.1) is 17.7 Å². The van der Waals surface area contributed by atoms with Gasteiger partial charge in [-0.25, -0.2) is 9.37 Å². The van der Waals surface area contributed by atoms with Gasteiger partial charge in [-0.1, -0.05) is 18.2 Å². The lowest BCUT2D eigenvalue weighted by atomic mass is 9.45. The number of benzene rings is 1. The molecular formula is C27H33FN4O. The highest BCUT2D eigenvalue weighted by Gasteiger charge is 2.58. The molecule has 4 saturated carbocycles. The Morgan fingerprint density at radius 3 is 2.39 bits per heavy atom. The zero-order valence-electron chi connectivity index (χ0n) is 19.2. The summed E-state index contributed by atoms with van der Waals surface area (Å²) in [4.78, 5) is 22.2. The second-order valence-corrected chi connectivity index (χ2v) is 11.0. The fourth-order valence-electron chi connectivity index (χ4n) is 7.76. The highest BCUT2D eigenvalue weighted by Crippen LogP contribution is 2.62. The molecule has 174 valence electrons. The molecule has 33 heavy (non-hydrogen) atoms. The van der Waals surface area contributed by atoms with Crippen LogP contribution < -0.4 is 10.2 Å². The molecule has 6 heteroatoms. The van der Waals surface area contributed by atoms with Gasteiger partial charge in [0, 0.05) is 37.9 Å². The van der Waals surface area contributed by atoms with Crippen LogP contribution in [0.15, 0.2) is 48.7 Å². The first-order valence-corrected chi connectivity index (χ1v) is 12.5. The molecule has 5 nitrogen and oxygen atoms in total. The molecule has 1 aromatic heterocycles. The molecule has 2 atom stereocenters. The first kappa shape index (κ1) is 21.1. The Morgan fingerprint density at radius 2 is 1.73 bits per heavy atom. The van der Waals surface area contributed by atoms with E-state index in [0.29, 0.717) is 18.4 Å². The highest BCUT2D eigenvalue weighted by atomic mass is 19.1. The Labute approximate surface area is 195 Å². The van der Waals surface area contributed by atoms with E-state index in [1.807, 2.05) is 36.5 Å². The number of anilines is 1. The van der Waals surface area contributed by atoms with Gasteiger partial charge in [-0.2, -0.15) is 0 Å². The van der Waals surface area contributed by atoms with E-state index in [2.05, 4.69) is 20.1 Å². The zero-order chi connectivity index (χ0) is 22.5. The summed E-state index contributed by atoms with van der Waals surface area (Å²) in [6.07, 6.45) is 8.69. The van der Waals surface area contributed by atoms with Gasteiger partial charge in [-0.05, 0) is 85.6 Å². The summed E-state index contributed by atoms with van der Waals surface area (Å²) in [6.45, 7) is 4.01. The second kappa shape index (κ2) is 8.08. The van der Waals surface area contributed by atoms with Gasteiger partial charge in [0.2, 0.25) is 5.91 Å². The Hall–Kier alpha value is -2.47. The minimum atomic E-state index is -0.172. The minimum absolute atomic E-state index is 0.0919. The quantitative estimate of drug-likeness (QED) is 0.757. The minimum Gasteiger partial charge on any atom is -0.354 e. The lowest BCUT2D eigenvalue weighted by Crippen LogP contribution is -2.65. The SMILES string of the molecule is O=C(CN1CCN(c2ccccn2)CC1)NC12CC3CC(C1)CC(c1ccc(F)cc1)(C3)C2. The molecule has 4 bridgehead atoms. The number of hydrogen-bond donors (Lipinski definition) is 1. The molecule has 1 amide bonds. The van der Waals surface area contributed by atoms with Gasteiger partial charge in [0.05, 0.1) is 6.54 Å². The van der Waals surface area contributed by atoms with Crippen molar-refractivity contribution in [3.8, 4) is 0 Å². The van der Waals surface area contributed by atoms with Crippen molar-refractivity contribution in [2.24, 2.45) is 11.8 Å². The van der Waals surface area contributed by atoms with E-state index >= 15 is 0 Å². The summed E-state index contributed by atoms with van der Waals surface area (Å²) in [5, 5.41) is 3.54. The van der Waals surface area contributed by atoms with E-state index in [-0.39, 0.29) is 22.7 Å². The molecular weight excluding hydrogens is 415 g/mol. The molecule has 2 unspecified atom stereocenters. The van der Waals surface area contributed by atoms with Crippen molar-refractivity contribution in [1.29, 1.82) is 0 Å². The number of halogens is 1. The van der Waals surface area contributed by atoms with Gasteiger partial charge < -0.3 is 10.2 Å². The lowest BCUT2D eigenvalue weighted by Gasteiger charge is -2.62. The number of nitrogens with one attached hydrogen (secondary N) is 1. The largest absolute Gasteiger partial charge is 0.354 e. The van der Waals surface area contributed by atoms with E-state index in [0.717, 1.165) is 51.3 Å². The van der Waals surface area contributed by atoms with Crippen LogP contribution in [0.1, 0.15) is 44.1 Å². The number of pyridine rings is 1. The van der Waals surface area contributed by atoms with Gasteiger partial charge in [-0.3, -0.25) is 9.69 Å². The molecule has 2 heterocycles. The molecule has 0 spiro atoms. The number of carbonyl (C=O) groups excluding carboxylic acids is 1. The summed E-state index contributed by atoms with van der Waals surface area (Å²) in [5.41, 5.74) is 1.27. The van der Waals surface area contributed by atoms with Crippen molar-refractivity contribution in [2.45, 2.75) is 49.5 Å². The number of nitrogens with zero attached hydrogens (tertiary/aromatic N) is 3. The standard InChI is InChI=1S/C27H33FN4O/c28-23-6-4-22(5-7-23)26-14-20-13-21(15-26)17-27(16-20,19-26)30-25(33)18-31-9-11-32(12-10-31)24-3-1-2-8-29-24/h1-8,20-21H,9-19H2,(H,30,33). The van der Waals surface area contributed by atoms with Crippen LogP contribution in [0.5, 0.6) is 0 Å². The van der Waals surface area contributed by atoms with E-state index in [9.17, 15) is 9.18 Å². The predicted molar refractivity (Wildman–Crippen MR) is 127 cm³/mol. The van der Waals surface area contributed by atoms with Crippen LogP contribution in [0.2, 0.25) is 0 Å². The van der Waals surface area contributed by atoms with E-state index in [1.54, 1.807) is 12.1 Å². The average molecular weight is 449 g/mol. The summed E-state index contributed by atoms with van der Waals surface area (Å²) < 4.78 is 13.6. The van der Waals surface area contributed by atoms with Crippen LogP contribution in [0.4, 0.5) is 10.2 Å². The molecule has 2 aromatic rings. The molecule has 1 N–H and O–H groups in total. The third kappa shape index (κ3) is 4.03. The van der Waals surface area contributed by atoms with Crippen molar-refractivity contribution < 1.29 is 9.18 Å². The van der Waals surface area contributed by atoms with Crippen molar-refractivity contribution >= 4 is 11.7 Å². The maximum absolute atomic E-state index is 13.6. The van der Waals surface area contributed by atoms with Crippen LogP contribution in [-0.4, -0.2) is 54.1 Å². The van der Waals surface area contributed by atoms with Gasteiger partial charge >= 0.3 is 0 Å². The van der Waals surface area contributed by atoms with Crippen LogP contribution >= 0.6 is 0 Å².